The summed E-state index contributed by atoms with van der Waals surface area (Å²) in [6, 6.07) is 8.68. The van der Waals surface area contributed by atoms with Crippen molar-refractivity contribution in [3.05, 3.63) is 52.9 Å². The number of nitrogen functional groups attached to an aromatic ring is 1. The number of hydrogen-bond acceptors (Lipinski definition) is 5. The lowest BCUT2D eigenvalue weighted by molar-refractivity contribution is 0.387. The van der Waals surface area contributed by atoms with Crippen LogP contribution in [0.25, 0.3) is 22.6 Å². The van der Waals surface area contributed by atoms with Gasteiger partial charge in [-0.2, -0.15) is 11.3 Å². The number of nitrogens with zero attached hydrogens (tertiary/aromatic N) is 2. The Morgan fingerprint density at radius 2 is 2.12 bits per heavy atom. The lowest BCUT2D eigenvalue weighted by Gasteiger charge is -2.09. The van der Waals surface area contributed by atoms with Crippen molar-refractivity contribution in [2.75, 3.05) is 5.73 Å². The summed E-state index contributed by atoms with van der Waals surface area (Å²) in [5, 5.41) is 3.79. The molecule has 0 saturated carbocycles. The predicted octanol–water partition coefficient (Wildman–Crippen LogP) is 2.79. The second-order valence-electron chi connectivity index (χ2n) is 5.55. The molecule has 0 amide bonds. The van der Waals surface area contributed by atoms with Crippen LogP contribution in [0.4, 0.5) is 5.69 Å². The first kappa shape index (κ1) is 16.1. The first-order chi connectivity index (χ1) is 11.9. The number of hydrogen-bond donors (Lipinski definition) is 3. The number of benzene rings is 1. The lowest BCUT2D eigenvalue weighted by Crippen LogP contribution is -2.08. The minimum absolute atomic E-state index is 0.0548. The monoisotopic (exact) mass is 375 g/mol. The first-order valence-corrected chi connectivity index (χ1v) is 9.90. The van der Waals surface area contributed by atoms with E-state index < -0.39 is 7.60 Å². The fourth-order valence-corrected chi connectivity index (χ4v) is 4.10. The van der Waals surface area contributed by atoms with Crippen molar-refractivity contribution in [2.24, 2.45) is 0 Å². The van der Waals surface area contributed by atoms with Gasteiger partial charge in [-0.3, -0.25) is 4.57 Å². The molecule has 3 aromatic heterocycles. The second-order valence-corrected chi connectivity index (χ2v) is 7.90. The molecule has 0 fully saturated rings. The molecule has 25 heavy (non-hydrogen) atoms. The highest BCUT2D eigenvalue weighted by molar-refractivity contribution is 7.60. The predicted molar refractivity (Wildman–Crippen MR) is 96.9 cm³/mol. The molecular weight excluding hydrogens is 361 g/mol. The van der Waals surface area contributed by atoms with E-state index in [1.807, 2.05) is 33.5 Å². The molecule has 4 aromatic rings. The SMILES string of the molecule is Nc1cccc2c1nc(-c1occc1P(=O)(O)O)n2Cc1ccsc1. The van der Waals surface area contributed by atoms with E-state index in [-0.39, 0.29) is 11.1 Å². The number of imidazole rings is 1. The van der Waals surface area contributed by atoms with Crippen molar-refractivity contribution >= 4 is 41.0 Å². The minimum Gasteiger partial charge on any atom is -0.460 e. The molecule has 4 N–H and O–H groups in total. The third-order valence-electron chi connectivity index (χ3n) is 3.89. The van der Waals surface area contributed by atoms with Crippen LogP contribution in [0.5, 0.6) is 0 Å². The van der Waals surface area contributed by atoms with Gasteiger partial charge in [0.15, 0.2) is 11.6 Å². The summed E-state index contributed by atoms with van der Waals surface area (Å²) in [4.78, 5) is 23.7. The topological polar surface area (TPSA) is 115 Å². The van der Waals surface area contributed by atoms with Crippen molar-refractivity contribution in [1.29, 1.82) is 0 Å². The molecule has 0 radical (unpaired) electrons. The molecule has 0 aliphatic heterocycles. The van der Waals surface area contributed by atoms with E-state index in [4.69, 9.17) is 10.2 Å². The highest BCUT2D eigenvalue weighted by Gasteiger charge is 2.29. The smallest absolute Gasteiger partial charge is 0.360 e. The van der Waals surface area contributed by atoms with Crippen molar-refractivity contribution in [3.8, 4) is 11.6 Å². The van der Waals surface area contributed by atoms with Crippen LogP contribution in [0.15, 0.2) is 51.8 Å². The van der Waals surface area contributed by atoms with Crippen molar-refractivity contribution in [2.45, 2.75) is 6.54 Å². The number of aromatic nitrogens is 2. The van der Waals surface area contributed by atoms with Crippen LogP contribution in [-0.4, -0.2) is 19.3 Å². The average Bonchev–Trinajstić information content (AvgIpc) is 3.27. The third-order valence-corrected chi connectivity index (χ3v) is 5.60. The zero-order valence-corrected chi connectivity index (χ0v) is 14.6. The fourth-order valence-electron chi connectivity index (χ4n) is 2.77. The third kappa shape index (κ3) is 2.79. The maximum Gasteiger partial charge on any atom is 0.360 e. The summed E-state index contributed by atoms with van der Waals surface area (Å²) in [6.07, 6.45) is 1.25. The van der Waals surface area contributed by atoms with Crippen LogP contribution in [0.3, 0.4) is 0 Å². The van der Waals surface area contributed by atoms with Crippen molar-refractivity contribution in [3.63, 3.8) is 0 Å². The van der Waals surface area contributed by atoms with E-state index in [0.717, 1.165) is 11.1 Å². The second kappa shape index (κ2) is 5.86. The van der Waals surface area contributed by atoms with Gasteiger partial charge in [-0.05, 0) is 40.6 Å². The molecule has 7 nitrogen and oxygen atoms in total. The van der Waals surface area contributed by atoms with Crippen LogP contribution in [0.1, 0.15) is 5.56 Å². The summed E-state index contributed by atoms with van der Waals surface area (Å²) >= 11 is 1.57. The van der Waals surface area contributed by atoms with Crippen LogP contribution < -0.4 is 11.0 Å². The van der Waals surface area contributed by atoms with Gasteiger partial charge < -0.3 is 24.5 Å². The lowest BCUT2D eigenvalue weighted by atomic mass is 10.2. The van der Waals surface area contributed by atoms with Gasteiger partial charge in [0.25, 0.3) is 0 Å². The molecular formula is C16H14N3O4PS. The molecule has 0 unspecified atom stereocenters. The Balaban J connectivity index is 1.99. The van der Waals surface area contributed by atoms with Crippen molar-refractivity contribution < 1.29 is 18.8 Å². The van der Waals surface area contributed by atoms with E-state index in [1.165, 1.54) is 12.3 Å². The molecule has 1 aromatic carbocycles. The molecule has 0 aliphatic rings. The summed E-state index contributed by atoms with van der Waals surface area (Å²) in [5.41, 5.74) is 8.92. The number of fused-ring (bicyclic) bond motifs is 1. The molecule has 0 saturated heterocycles. The Bertz CT molecular complexity index is 1090. The van der Waals surface area contributed by atoms with E-state index in [2.05, 4.69) is 4.98 Å². The van der Waals surface area contributed by atoms with Gasteiger partial charge in [-0.1, -0.05) is 6.07 Å². The Morgan fingerprint density at radius 1 is 1.28 bits per heavy atom. The number of furan rings is 1. The normalized spacial score (nSPS) is 12.1. The summed E-state index contributed by atoms with van der Waals surface area (Å²) in [6.45, 7) is 0.486. The van der Waals surface area contributed by atoms with Crippen molar-refractivity contribution in [1.82, 2.24) is 9.55 Å². The molecule has 0 spiro atoms. The molecule has 0 aliphatic carbocycles. The average molecular weight is 375 g/mol. The fraction of sp³-hybridized carbons (Fsp3) is 0.0625. The largest absolute Gasteiger partial charge is 0.460 e. The Labute approximate surface area is 146 Å². The quantitative estimate of drug-likeness (QED) is 0.373. The van der Waals surface area contributed by atoms with Gasteiger partial charge in [0.1, 0.15) is 10.8 Å². The number of rotatable bonds is 4. The van der Waals surface area contributed by atoms with Crippen LogP contribution in [-0.2, 0) is 11.1 Å². The van der Waals surface area contributed by atoms with Gasteiger partial charge in [0.05, 0.1) is 24.0 Å². The zero-order valence-electron chi connectivity index (χ0n) is 12.9. The molecule has 3 heterocycles. The first-order valence-electron chi connectivity index (χ1n) is 7.35. The maximum absolute atomic E-state index is 11.8. The van der Waals surface area contributed by atoms with E-state index in [1.54, 1.807) is 17.4 Å². The van der Waals surface area contributed by atoms with Gasteiger partial charge in [-0.15, -0.1) is 0 Å². The summed E-state index contributed by atoms with van der Waals surface area (Å²) < 4.78 is 19.0. The number of nitrogens with two attached hydrogens (primary N) is 1. The Hall–Kier alpha value is -2.38. The van der Waals surface area contributed by atoms with E-state index in [0.29, 0.717) is 23.6 Å². The highest BCUT2D eigenvalue weighted by Crippen LogP contribution is 2.39. The van der Waals surface area contributed by atoms with Crippen LogP contribution >= 0.6 is 18.9 Å². The van der Waals surface area contributed by atoms with Crippen LogP contribution in [0.2, 0.25) is 0 Å². The standard InChI is InChI=1S/C16H14N3O4PS/c17-11-2-1-3-12-14(11)18-16(19(12)8-10-5-7-25-9-10)15-13(4-6-23-15)24(20,21)22/h1-7,9H,8,17H2,(H2,20,21,22). The highest BCUT2D eigenvalue weighted by atomic mass is 32.1. The summed E-state index contributed by atoms with van der Waals surface area (Å²) in [7, 11) is -4.50. The van der Waals surface area contributed by atoms with Gasteiger partial charge in [-0.25, -0.2) is 4.98 Å². The van der Waals surface area contributed by atoms with E-state index >= 15 is 0 Å². The molecule has 128 valence electrons. The molecule has 4 rings (SSSR count). The van der Waals surface area contributed by atoms with E-state index in [9.17, 15) is 14.4 Å². The van der Waals surface area contributed by atoms with Gasteiger partial charge >= 0.3 is 7.60 Å². The molecule has 0 bridgehead atoms. The minimum atomic E-state index is -4.50. The van der Waals surface area contributed by atoms with Gasteiger partial charge in [0, 0.05) is 0 Å². The van der Waals surface area contributed by atoms with Crippen LogP contribution in [0, 0.1) is 0 Å². The number of anilines is 1. The maximum atomic E-state index is 11.8. The molecule has 0 atom stereocenters. The Kier molecular flexibility index (Phi) is 3.77. The zero-order chi connectivity index (χ0) is 17.6. The molecule has 9 heteroatoms. The number of para-hydroxylation sites is 1. The van der Waals surface area contributed by atoms with Gasteiger partial charge in [0.2, 0.25) is 0 Å². The number of thiophene rings is 1. The Morgan fingerprint density at radius 3 is 2.84 bits per heavy atom. The summed E-state index contributed by atoms with van der Waals surface area (Å²) in [5.74, 6) is 0.390.